The minimum Gasteiger partial charge on any atom is -0.383 e. The van der Waals surface area contributed by atoms with Crippen LogP contribution in [0.4, 0.5) is 0 Å². The van der Waals surface area contributed by atoms with E-state index in [0.717, 1.165) is 6.04 Å². The smallest absolute Gasteiger partial charge is 0.377 e. The van der Waals surface area contributed by atoms with Gasteiger partial charge in [-0.05, 0) is 26.5 Å². The Morgan fingerprint density at radius 2 is 2.06 bits per heavy atom. The number of allylic oxidation sites excluding steroid dienone is 2. The highest BCUT2D eigenvalue weighted by Gasteiger charge is 2.51. The second-order valence-corrected chi connectivity index (χ2v) is 9.26. The van der Waals surface area contributed by atoms with Crippen molar-refractivity contribution in [3.05, 3.63) is 48.0 Å². The van der Waals surface area contributed by atoms with E-state index in [1.807, 2.05) is 31.2 Å². The Morgan fingerprint density at radius 1 is 1.39 bits per heavy atom. The van der Waals surface area contributed by atoms with Crippen LogP contribution in [0.3, 0.4) is 0 Å². The number of likely N-dealkylation sites (N-methyl/N-ethyl adjacent to an activating group) is 1. The summed E-state index contributed by atoms with van der Waals surface area (Å²) in [5, 5.41) is 0. The van der Waals surface area contributed by atoms with E-state index >= 15 is 0 Å². The second-order valence-electron chi connectivity index (χ2n) is 4.76. The Morgan fingerprint density at radius 3 is 2.67 bits per heavy atom. The number of nitrogens with zero attached hydrogens (tertiary/aromatic N) is 1. The highest BCUT2D eigenvalue weighted by molar-refractivity contribution is 7.15. The number of hydrogen-bond acceptors (Lipinski definition) is 2. The lowest BCUT2D eigenvalue weighted by molar-refractivity contribution is 0.207. The van der Waals surface area contributed by atoms with Crippen LogP contribution in [-0.2, 0) is 4.43 Å². The van der Waals surface area contributed by atoms with Gasteiger partial charge in [0, 0.05) is 12.1 Å². The maximum absolute atomic E-state index is 6.73. The first-order valence-corrected chi connectivity index (χ1v) is 9.41. The average Bonchev–Trinajstić information content (AvgIpc) is 2.63. The van der Waals surface area contributed by atoms with Gasteiger partial charge >= 0.3 is 7.79 Å². The van der Waals surface area contributed by atoms with Gasteiger partial charge in [-0.3, -0.25) is 4.57 Å². The molecule has 4 heteroatoms. The second kappa shape index (κ2) is 5.57. The van der Waals surface area contributed by atoms with E-state index in [1.54, 1.807) is 0 Å². The lowest BCUT2D eigenvalue weighted by Gasteiger charge is -2.25. The van der Waals surface area contributed by atoms with Gasteiger partial charge < -0.3 is 4.43 Å². The zero-order chi connectivity index (χ0) is 13.2. The van der Waals surface area contributed by atoms with Gasteiger partial charge in [0.05, 0.1) is 6.10 Å². The van der Waals surface area contributed by atoms with Gasteiger partial charge in [0.1, 0.15) is 0 Å². The summed E-state index contributed by atoms with van der Waals surface area (Å²) in [5.41, 5.74) is 1.22. The molecule has 0 saturated carbocycles. The maximum Gasteiger partial charge on any atom is 0.377 e. The molecule has 1 aliphatic rings. The molecule has 2 nitrogen and oxygen atoms in total. The van der Waals surface area contributed by atoms with Crippen molar-refractivity contribution >= 4 is 18.9 Å². The van der Waals surface area contributed by atoms with Crippen molar-refractivity contribution in [2.45, 2.75) is 32.0 Å². The molecule has 0 amide bonds. The number of benzene rings is 1. The van der Waals surface area contributed by atoms with E-state index in [9.17, 15) is 0 Å². The lowest BCUT2D eigenvalue weighted by atomic mass is 10.0. The van der Waals surface area contributed by atoms with Gasteiger partial charge in [0.2, 0.25) is 0 Å². The third-order valence-corrected chi connectivity index (χ3v) is 7.96. The molecule has 3 atom stereocenters. The lowest BCUT2D eigenvalue weighted by Crippen LogP contribution is -2.44. The monoisotopic (exact) mass is 281 g/mol. The van der Waals surface area contributed by atoms with Crippen molar-refractivity contribution in [1.29, 1.82) is 0 Å². The van der Waals surface area contributed by atoms with E-state index in [4.69, 9.17) is 15.5 Å². The van der Waals surface area contributed by atoms with Gasteiger partial charge in [0.15, 0.2) is 0 Å². The predicted octanol–water partition coefficient (Wildman–Crippen LogP) is 3.83. The molecule has 1 aliphatic heterocycles. The van der Waals surface area contributed by atoms with Gasteiger partial charge in [-0.1, -0.05) is 42.5 Å². The molecule has 0 spiro atoms. The average molecular weight is 282 g/mol. The van der Waals surface area contributed by atoms with Crippen molar-refractivity contribution in [3.8, 4) is 0 Å². The standard InChI is InChI=1S/C14H20ClNOSi/c1-4-5-11-18(15)16(3)12(2)14(17-18)13-9-7-6-8-10-13/h4-10,12,14H,11H2,1-3H3/t12-,14+,18?/m1/s1. The third kappa shape index (κ3) is 2.54. The molecule has 2 rings (SSSR count). The molecule has 0 radical (unpaired) electrons. The highest BCUT2D eigenvalue weighted by Crippen LogP contribution is 2.41. The minimum absolute atomic E-state index is 0.0885. The topological polar surface area (TPSA) is 12.5 Å². The van der Waals surface area contributed by atoms with Crippen LogP contribution in [0, 0.1) is 0 Å². The largest absolute Gasteiger partial charge is 0.383 e. The van der Waals surface area contributed by atoms with Crippen LogP contribution in [0.15, 0.2) is 42.5 Å². The zero-order valence-electron chi connectivity index (χ0n) is 11.1. The number of hydrogen-bond donors (Lipinski definition) is 0. The molecular formula is C14H20ClNOSi. The molecule has 1 unspecified atom stereocenters. The molecule has 0 aliphatic carbocycles. The minimum atomic E-state index is -2.30. The molecule has 1 aromatic rings. The van der Waals surface area contributed by atoms with Crippen molar-refractivity contribution in [1.82, 2.24) is 4.57 Å². The van der Waals surface area contributed by atoms with Gasteiger partial charge in [-0.25, -0.2) is 0 Å². The molecule has 1 heterocycles. The first-order chi connectivity index (χ1) is 8.58. The van der Waals surface area contributed by atoms with Crippen LogP contribution >= 0.6 is 11.1 Å². The summed E-state index contributed by atoms with van der Waals surface area (Å²) < 4.78 is 8.48. The first kappa shape index (κ1) is 13.8. The summed E-state index contributed by atoms with van der Waals surface area (Å²) in [6.07, 6.45) is 4.23. The Hall–Kier alpha value is -0.613. The first-order valence-electron chi connectivity index (χ1n) is 6.34. The van der Waals surface area contributed by atoms with Gasteiger partial charge in [-0.2, -0.15) is 0 Å². The van der Waals surface area contributed by atoms with Crippen molar-refractivity contribution in [2.75, 3.05) is 7.05 Å². The van der Waals surface area contributed by atoms with Gasteiger partial charge in [-0.15, -0.1) is 11.1 Å². The molecule has 1 saturated heterocycles. The van der Waals surface area contributed by atoms with Crippen LogP contribution in [-0.4, -0.2) is 25.4 Å². The van der Waals surface area contributed by atoms with Crippen LogP contribution in [0.25, 0.3) is 0 Å². The summed E-state index contributed by atoms with van der Waals surface area (Å²) in [5.74, 6) is 0. The fourth-order valence-electron chi connectivity index (χ4n) is 2.33. The van der Waals surface area contributed by atoms with E-state index in [-0.39, 0.29) is 6.10 Å². The fraction of sp³-hybridized carbons (Fsp3) is 0.429. The molecule has 98 valence electrons. The summed E-state index contributed by atoms with van der Waals surface area (Å²) >= 11 is 6.73. The summed E-state index contributed by atoms with van der Waals surface area (Å²) in [4.78, 5) is 0. The Labute approximate surface area is 115 Å². The van der Waals surface area contributed by atoms with Crippen LogP contribution in [0.5, 0.6) is 0 Å². The Kier molecular flexibility index (Phi) is 4.28. The quantitative estimate of drug-likeness (QED) is 0.474. The van der Waals surface area contributed by atoms with Crippen molar-refractivity contribution < 1.29 is 4.43 Å². The third-order valence-electron chi connectivity index (χ3n) is 3.62. The zero-order valence-corrected chi connectivity index (χ0v) is 12.9. The van der Waals surface area contributed by atoms with Crippen molar-refractivity contribution in [3.63, 3.8) is 0 Å². The van der Waals surface area contributed by atoms with Gasteiger partial charge in [0.25, 0.3) is 0 Å². The Balaban J connectivity index is 2.22. The van der Waals surface area contributed by atoms with E-state index < -0.39 is 7.79 Å². The SMILES string of the molecule is CC=CC[Si]1(Cl)O[C@H](c2ccccc2)[C@@H](C)N1C. The number of halogens is 1. The molecule has 0 N–H and O–H groups in total. The summed E-state index contributed by atoms with van der Waals surface area (Å²) in [6, 6.07) is 11.5. The molecular weight excluding hydrogens is 262 g/mol. The van der Waals surface area contributed by atoms with Crippen LogP contribution in [0.1, 0.15) is 25.5 Å². The highest BCUT2D eigenvalue weighted by atomic mass is 35.6. The molecule has 1 fully saturated rings. The fourth-order valence-corrected chi connectivity index (χ4v) is 5.89. The van der Waals surface area contributed by atoms with E-state index in [0.29, 0.717) is 6.04 Å². The predicted molar refractivity (Wildman–Crippen MR) is 78.7 cm³/mol. The van der Waals surface area contributed by atoms with Crippen molar-refractivity contribution in [2.24, 2.45) is 0 Å². The van der Waals surface area contributed by atoms with Crippen LogP contribution in [0.2, 0.25) is 6.04 Å². The molecule has 1 aromatic carbocycles. The normalized spacial score (nSPS) is 33.3. The molecule has 0 aromatic heterocycles. The molecule has 18 heavy (non-hydrogen) atoms. The maximum atomic E-state index is 6.73. The number of rotatable bonds is 3. The van der Waals surface area contributed by atoms with E-state index in [1.165, 1.54) is 5.56 Å². The van der Waals surface area contributed by atoms with Crippen LogP contribution < -0.4 is 0 Å². The summed E-state index contributed by atoms with van der Waals surface area (Å²) in [7, 11) is -0.221. The summed E-state index contributed by atoms with van der Waals surface area (Å²) in [6.45, 7) is 4.20. The molecule has 0 bridgehead atoms. The Bertz CT molecular complexity index is 425. The van der Waals surface area contributed by atoms with E-state index in [2.05, 4.69) is 36.7 Å².